The second-order valence-electron chi connectivity index (χ2n) is 4.83. The van der Waals surface area contributed by atoms with Gasteiger partial charge in [-0.25, -0.2) is 4.98 Å². The van der Waals surface area contributed by atoms with E-state index in [2.05, 4.69) is 20.3 Å². The van der Waals surface area contributed by atoms with Gasteiger partial charge in [0, 0.05) is 7.05 Å². The molecule has 9 nitrogen and oxygen atoms in total. The van der Waals surface area contributed by atoms with E-state index in [-0.39, 0.29) is 22.9 Å². The van der Waals surface area contributed by atoms with Crippen LogP contribution >= 0.6 is 0 Å². The van der Waals surface area contributed by atoms with E-state index in [9.17, 15) is 13.9 Å². The Morgan fingerprint density at radius 1 is 1.50 bits per heavy atom. The number of aromatic nitrogens is 4. The zero-order chi connectivity index (χ0) is 16.1. The van der Waals surface area contributed by atoms with Crippen molar-refractivity contribution in [3.8, 4) is 0 Å². The Hall–Kier alpha value is -2.11. The molecule has 0 saturated carbocycles. The quantitative estimate of drug-likeness (QED) is 0.586. The molecule has 2 aromatic heterocycles. The molecule has 5 N–H and O–H groups in total. The summed E-state index contributed by atoms with van der Waals surface area (Å²) in [7, 11) is 1.58. The Bertz CT molecular complexity index is 708. The molecular weight excluding hydrogens is 302 g/mol. The van der Waals surface area contributed by atoms with Crippen LogP contribution in [0.4, 0.5) is 20.5 Å². The predicted octanol–water partition coefficient (Wildman–Crippen LogP) is -0.664. The van der Waals surface area contributed by atoms with E-state index in [1.165, 1.54) is 0 Å². The van der Waals surface area contributed by atoms with Gasteiger partial charge in [-0.2, -0.15) is 18.7 Å². The number of halogens is 2. The third-order valence-corrected chi connectivity index (χ3v) is 3.49. The number of nitrogens with zero attached hydrogens (tertiary/aromatic N) is 4. The standard InChI is InChI=1S/C11H14F2N6O3/c1-15-7-5-8(18-10(14)17-7)19(3-16-5)9-11(12,13)6(21)4(2-20)22-9/h3-4,6,9,20-21H,2H2,1H3,(H3,14,15,17,18)/t4?,6-,9-/m1/s1. The first-order valence-corrected chi connectivity index (χ1v) is 6.40. The molecule has 0 radical (unpaired) electrons. The summed E-state index contributed by atoms with van der Waals surface area (Å²) in [5.41, 5.74) is 5.82. The number of nitrogen functional groups attached to an aromatic ring is 1. The Labute approximate surface area is 122 Å². The maximum atomic E-state index is 14.2. The zero-order valence-electron chi connectivity index (χ0n) is 11.4. The van der Waals surface area contributed by atoms with Gasteiger partial charge in [-0.1, -0.05) is 0 Å². The van der Waals surface area contributed by atoms with Crippen molar-refractivity contribution < 1.29 is 23.7 Å². The van der Waals surface area contributed by atoms with Gasteiger partial charge in [-0.15, -0.1) is 0 Å². The molecule has 120 valence electrons. The highest BCUT2D eigenvalue weighted by molar-refractivity contribution is 5.84. The van der Waals surface area contributed by atoms with Gasteiger partial charge in [0.1, 0.15) is 6.10 Å². The molecule has 0 spiro atoms. The Morgan fingerprint density at radius 2 is 2.23 bits per heavy atom. The summed E-state index contributed by atoms with van der Waals surface area (Å²) < 4.78 is 34.4. The lowest BCUT2D eigenvalue weighted by Gasteiger charge is -2.20. The Balaban J connectivity index is 2.13. The van der Waals surface area contributed by atoms with E-state index >= 15 is 0 Å². The van der Waals surface area contributed by atoms with E-state index in [4.69, 9.17) is 15.6 Å². The van der Waals surface area contributed by atoms with Gasteiger partial charge in [0.25, 0.3) is 0 Å². The van der Waals surface area contributed by atoms with Gasteiger partial charge in [0.05, 0.1) is 12.9 Å². The number of fused-ring (bicyclic) bond motifs is 1. The molecule has 0 bridgehead atoms. The zero-order valence-corrected chi connectivity index (χ0v) is 11.4. The average Bonchev–Trinajstić information content (AvgIpc) is 2.98. The number of nitrogens with two attached hydrogens (primary N) is 1. The molecule has 2 aromatic rings. The Kier molecular flexibility index (Phi) is 3.34. The molecule has 1 saturated heterocycles. The van der Waals surface area contributed by atoms with Crippen LogP contribution in [0.3, 0.4) is 0 Å². The summed E-state index contributed by atoms with van der Waals surface area (Å²) in [6, 6.07) is 0. The fraction of sp³-hybridized carbons (Fsp3) is 0.545. The number of hydrogen-bond acceptors (Lipinski definition) is 8. The lowest BCUT2D eigenvalue weighted by atomic mass is 10.1. The number of imidazole rings is 1. The van der Waals surface area contributed by atoms with Crippen LogP contribution in [0.15, 0.2) is 6.33 Å². The monoisotopic (exact) mass is 316 g/mol. The van der Waals surface area contributed by atoms with Crippen LogP contribution in [0.2, 0.25) is 0 Å². The molecule has 11 heteroatoms. The Morgan fingerprint density at radius 3 is 2.82 bits per heavy atom. The first kappa shape index (κ1) is 14.8. The molecule has 3 heterocycles. The number of nitrogens with one attached hydrogen (secondary N) is 1. The van der Waals surface area contributed by atoms with Crippen LogP contribution in [0, 0.1) is 0 Å². The van der Waals surface area contributed by atoms with Crippen LogP contribution in [0.1, 0.15) is 6.23 Å². The molecule has 0 amide bonds. The minimum Gasteiger partial charge on any atom is -0.394 e. The second-order valence-corrected chi connectivity index (χ2v) is 4.83. The number of aliphatic hydroxyl groups is 2. The van der Waals surface area contributed by atoms with Crippen molar-refractivity contribution in [2.24, 2.45) is 0 Å². The van der Waals surface area contributed by atoms with Gasteiger partial charge in [0.2, 0.25) is 12.2 Å². The van der Waals surface area contributed by atoms with E-state index < -0.39 is 31.0 Å². The van der Waals surface area contributed by atoms with Crippen LogP contribution in [-0.2, 0) is 4.74 Å². The van der Waals surface area contributed by atoms with Crippen LogP contribution in [-0.4, -0.2) is 61.5 Å². The maximum absolute atomic E-state index is 14.2. The van der Waals surface area contributed by atoms with Crippen molar-refractivity contribution in [1.29, 1.82) is 0 Å². The first-order chi connectivity index (χ1) is 10.4. The molecular formula is C11H14F2N6O3. The average molecular weight is 316 g/mol. The molecule has 0 aliphatic carbocycles. The SMILES string of the molecule is CNc1nc(N)nc2c1ncn2[C@@H]1OC(CO)[C@@H](O)C1(F)F. The fourth-order valence-corrected chi connectivity index (χ4v) is 2.40. The van der Waals surface area contributed by atoms with Crippen LogP contribution < -0.4 is 11.1 Å². The number of anilines is 2. The number of alkyl halides is 2. The molecule has 22 heavy (non-hydrogen) atoms. The molecule has 1 fully saturated rings. The van der Waals surface area contributed by atoms with Gasteiger partial charge in [-0.3, -0.25) is 4.57 Å². The summed E-state index contributed by atoms with van der Waals surface area (Å²) >= 11 is 0. The smallest absolute Gasteiger partial charge is 0.320 e. The molecule has 1 aliphatic heterocycles. The largest absolute Gasteiger partial charge is 0.394 e. The van der Waals surface area contributed by atoms with Crippen molar-refractivity contribution in [3.63, 3.8) is 0 Å². The fourth-order valence-electron chi connectivity index (χ4n) is 2.40. The van der Waals surface area contributed by atoms with Crippen molar-refractivity contribution in [2.75, 3.05) is 24.7 Å². The third-order valence-electron chi connectivity index (χ3n) is 3.49. The number of ether oxygens (including phenoxy) is 1. The molecule has 1 aliphatic rings. The molecule has 3 atom stereocenters. The highest BCUT2D eigenvalue weighted by atomic mass is 19.3. The predicted molar refractivity (Wildman–Crippen MR) is 71.2 cm³/mol. The van der Waals surface area contributed by atoms with E-state index in [1.807, 2.05) is 0 Å². The summed E-state index contributed by atoms with van der Waals surface area (Å²) in [6.45, 7) is -0.737. The number of hydrogen-bond donors (Lipinski definition) is 4. The van der Waals surface area contributed by atoms with E-state index in [0.717, 1.165) is 10.9 Å². The minimum absolute atomic E-state index is 0.0346. The van der Waals surface area contributed by atoms with Crippen molar-refractivity contribution in [2.45, 2.75) is 24.4 Å². The normalized spacial score (nSPS) is 27.4. The van der Waals surface area contributed by atoms with E-state index in [1.54, 1.807) is 7.05 Å². The summed E-state index contributed by atoms with van der Waals surface area (Å²) in [4.78, 5) is 11.8. The van der Waals surface area contributed by atoms with Crippen LogP contribution in [0.25, 0.3) is 11.2 Å². The van der Waals surface area contributed by atoms with Crippen molar-refractivity contribution in [3.05, 3.63) is 6.33 Å². The van der Waals surface area contributed by atoms with Crippen molar-refractivity contribution >= 4 is 22.9 Å². The lowest BCUT2D eigenvalue weighted by molar-refractivity contribution is -0.138. The van der Waals surface area contributed by atoms with Crippen molar-refractivity contribution in [1.82, 2.24) is 19.5 Å². The highest BCUT2D eigenvalue weighted by Gasteiger charge is 2.59. The summed E-state index contributed by atoms with van der Waals surface area (Å²) in [6.07, 6.45) is -4.29. The summed E-state index contributed by atoms with van der Waals surface area (Å²) in [5.74, 6) is -3.47. The van der Waals surface area contributed by atoms with Gasteiger partial charge in [0.15, 0.2) is 23.1 Å². The highest BCUT2D eigenvalue weighted by Crippen LogP contribution is 2.43. The number of rotatable bonds is 3. The minimum atomic E-state index is -3.62. The van der Waals surface area contributed by atoms with Gasteiger partial charge in [-0.05, 0) is 0 Å². The van der Waals surface area contributed by atoms with Crippen LogP contribution in [0.5, 0.6) is 0 Å². The molecule has 3 rings (SSSR count). The number of aliphatic hydroxyl groups excluding tert-OH is 2. The molecule has 1 unspecified atom stereocenters. The maximum Gasteiger partial charge on any atom is 0.320 e. The van der Waals surface area contributed by atoms with Gasteiger partial charge < -0.3 is 26.0 Å². The first-order valence-electron chi connectivity index (χ1n) is 6.40. The summed E-state index contributed by atoms with van der Waals surface area (Å²) in [5, 5.41) is 21.3. The topological polar surface area (TPSA) is 131 Å². The van der Waals surface area contributed by atoms with E-state index in [0.29, 0.717) is 0 Å². The van der Waals surface area contributed by atoms with Gasteiger partial charge >= 0.3 is 5.92 Å². The third kappa shape index (κ3) is 1.97. The molecule has 0 aromatic carbocycles. The second kappa shape index (κ2) is 4.97. The lowest BCUT2D eigenvalue weighted by Crippen LogP contribution is -2.39.